The zero-order valence-electron chi connectivity index (χ0n) is 24.7. The first-order valence-electron chi connectivity index (χ1n) is 14.8. The van der Waals surface area contributed by atoms with Crippen molar-refractivity contribution >= 4 is 17.1 Å². The highest BCUT2D eigenvalue weighted by molar-refractivity contribution is 5.96. The maximum atomic E-state index is 2.43. The second-order valence-electron chi connectivity index (χ2n) is 12.0. The van der Waals surface area contributed by atoms with Crippen LogP contribution >= 0.6 is 0 Å². The van der Waals surface area contributed by atoms with Gasteiger partial charge in [0.25, 0.3) is 0 Å². The van der Waals surface area contributed by atoms with Crippen molar-refractivity contribution in [3.63, 3.8) is 0 Å². The zero-order chi connectivity index (χ0) is 28.8. The second kappa shape index (κ2) is 10.2. The molecule has 0 N–H and O–H groups in total. The van der Waals surface area contributed by atoms with Crippen LogP contribution in [0.3, 0.4) is 0 Å². The van der Waals surface area contributed by atoms with Crippen molar-refractivity contribution < 1.29 is 0 Å². The van der Waals surface area contributed by atoms with E-state index < -0.39 is 0 Å². The predicted octanol–water partition coefficient (Wildman–Crippen LogP) is 11.4. The lowest BCUT2D eigenvalue weighted by atomic mass is 9.81. The number of hydrogen-bond donors (Lipinski definition) is 0. The summed E-state index contributed by atoms with van der Waals surface area (Å²) in [7, 11) is 0. The Labute approximate surface area is 249 Å². The number of rotatable bonds is 5. The number of nitrogens with zero attached hydrogens (tertiary/aromatic N) is 1. The highest BCUT2D eigenvalue weighted by atomic mass is 15.1. The third kappa shape index (κ3) is 4.43. The maximum Gasteiger partial charge on any atom is 0.0471 e. The molecule has 1 heteroatoms. The van der Waals surface area contributed by atoms with E-state index in [1.54, 1.807) is 0 Å². The van der Waals surface area contributed by atoms with Gasteiger partial charge >= 0.3 is 0 Å². The Morgan fingerprint density at radius 3 is 1.55 bits per heavy atom. The fourth-order valence-corrected chi connectivity index (χ4v) is 6.45. The van der Waals surface area contributed by atoms with E-state index in [2.05, 4.69) is 172 Å². The molecule has 0 bridgehead atoms. The molecule has 0 spiro atoms. The van der Waals surface area contributed by atoms with Gasteiger partial charge in [-0.15, -0.1) is 0 Å². The summed E-state index contributed by atoms with van der Waals surface area (Å²) in [4.78, 5) is 2.40. The Morgan fingerprint density at radius 2 is 0.976 bits per heavy atom. The molecule has 0 saturated carbocycles. The number of hydrogen-bond acceptors (Lipinski definition) is 1. The summed E-state index contributed by atoms with van der Waals surface area (Å²) in [6, 6.07) is 51.2. The van der Waals surface area contributed by atoms with Crippen molar-refractivity contribution in [1.29, 1.82) is 0 Å². The first-order chi connectivity index (χ1) is 20.4. The van der Waals surface area contributed by atoms with Crippen molar-refractivity contribution in [2.24, 2.45) is 0 Å². The number of anilines is 3. The largest absolute Gasteiger partial charge is 0.310 e. The van der Waals surface area contributed by atoms with E-state index in [1.807, 2.05) is 0 Å². The van der Waals surface area contributed by atoms with Crippen LogP contribution in [-0.2, 0) is 5.41 Å². The van der Waals surface area contributed by atoms with E-state index in [4.69, 9.17) is 0 Å². The molecule has 0 atom stereocenters. The van der Waals surface area contributed by atoms with Crippen LogP contribution in [0.2, 0.25) is 0 Å². The van der Waals surface area contributed by atoms with Crippen molar-refractivity contribution in [3.8, 4) is 33.4 Å². The molecule has 0 heterocycles. The molecule has 7 rings (SSSR count). The highest BCUT2D eigenvalue weighted by Gasteiger charge is 2.38. The topological polar surface area (TPSA) is 3.24 Å². The Hall–Kier alpha value is -4.88. The van der Waals surface area contributed by atoms with Crippen LogP contribution in [0.4, 0.5) is 17.1 Å². The lowest BCUT2D eigenvalue weighted by Gasteiger charge is -2.29. The first-order valence-corrected chi connectivity index (χ1v) is 14.8. The van der Waals surface area contributed by atoms with Gasteiger partial charge in [-0.3, -0.25) is 0 Å². The molecule has 0 aromatic heterocycles. The summed E-state index contributed by atoms with van der Waals surface area (Å²) in [5, 5.41) is 0. The smallest absolute Gasteiger partial charge is 0.0471 e. The Balaban J connectivity index is 1.49. The van der Waals surface area contributed by atoms with Crippen LogP contribution in [0, 0.1) is 13.8 Å². The molecule has 0 aliphatic heterocycles. The standard InChI is InChI=1S/C41H35N/c1-28-15-20-33(21-16-28)42(34-22-17-29(2)18-23-34)35-26-37(31-13-9-6-10-14-31)40-36-24-19-32(30-11-7-5-8-12-30)25-38(36)41(3,4)39(40)27-35/h5-27H,1-4H3. The molecule has 1 aliphatic rings. The van der Waals surface area contributed by atoms with Gasteiger partial charge in [-0.1, -0.05) is 122 Å². The number of fused-ring (bicyclic) bond motifs is 3. The molecule has 204 valence electrons. The maximum absolute atomic E-state index is 2.43. The van der Waals surface area contributed by atoms with Crippen molar-refractivity contribution in [2.45, 2.75) is 33.1 Å². The van der Waals surface area contributed by atoms with Crippen molar-refractivity contribution in [3.05, 3.63) is 162 Å². The number of aryl methyl sites for hydroxylation is 2. The molecule has 6 aromatic rings. The summed E-state index contributed by atoms with van der Waals surface area (Å²) >= 11 is 0. The summed E-state index contributed by atoms with van der Waals surface area (Å²) in [5.41, 5.74) is 16.3. The Morgan fingerprint density at radius 1 is 0.429 bits per heavy atom. The first kappa shape index (κ1) is 26.0. The fraction of sp³-hybridized carbons (Fsp3) is 0.122. The molecule has 42 heavy (non-hydrogen) atoms. The number of benzene rings is 6. The van der Waals surface area contributed by atoms with Gasteiger partial charge in [0.05, 0.1) is 0 Å². The SMILES string of the molecule is Cc1ccc(N(c2ccc(C)cc2)c2cc(-c3ccccc3)c3c(c2)C(C)(C)c2cc(-c4ccccc4)ccc2-3)cc1. The lowest BCUT2D eigenvalue weighted by Crippen LogP contribution is -2.17. The monoisotopic (exact) mass is 541 g/mol. The minimum atomic E-state index is -0.165. The lowest BCUT2D eigenvalue weighted by molar-refractivity contribution is 0.661. The molecule has 6 aromatic carbocycles. The molecule has 0 radical (unpaired) electrons. The molecular weight excluding hydrogens is 506 g/mol. The Bertz CT molecular complexity index is 1830. The molecule has 0 unspecified atom stereocenters. The third-order valence-corrected chi connectivity index (χ3v) is 8.79. The quantitative estimate of drug-likeness (QED) is 0.210. The minimum absolute atomic E-state index is 0.165. The third-order valence-electron chi connectivity index (χ3n) is 8.79. The van der Waals surface area contributed by atoms with Crippen LogP contribution in [0.1, 0.15) is 36.1 Å². The van der Waals surface area contributed by atoms with Gasteiger partial charge < -0.3 is 4.90 Å². The molecule has 0 saturated heterocycles. The highest BCUT2D eigenvalue weighted by Crippen LogP contribution is 2.55. The van der Waals surface area contributed by atoms with Crippen molar-refractivity contribution in [1.82, 2.24) is 0 Å². The van der Waals surface area contributed by atoms with Crippen LogP contribution in [0.5, 0.6) is 0 Å². The van der Waals surface area contributed by atoms with E-state index >= 15 is 0 Å². The average molecular weight is 542 g/mol. The molecular formula is C41H35N. The van der Waals surface area contributed by atoms with Crippen LogP contribution in [-0.4, -0.2) is 0 Å². The van der Waals surface area contributed by atoms with Gasteiger partial charge in [0.15, 0.2) is 0 Å². The molecule has 1 aliphatic carbocycles. The summed E-state index contributed by atoms with van der Waals surface area (Å²) in [6.45, 7) is 9.05. The van der Waals surface area contributed by atoms with E-state index in [1.165, 1.54) is 61.3 Å². The van der Waals surface area contributed by atoms with Gasteiger partial charge in [0.2, 0.25) is 0 Å². The van der Waals surface area contributed by atoms with Gasteiger partial charge in [-0.2, -0.15) is 0 Å². The zero-order valence-corrected chi connectivity index (χ0v) is 24.7. The van der Waals surface area contributed by atoms with Crippen LogP contribution in [0.25, 0.3) is 33.4 Å². The van der Waals surface area contributed by atoms with E-state index in [-0.39, 0.29) is 5.41 Å². The summed E-state index contributed by atoms with van der Waals surface area (Å²) < 4.78 is 0. The van der Waals surface area contributed by atoms with Gasteiger partial charge in [0, 0.05) is 22.5 Å². The summed E-state index contributed by atoms with van der Waals surface area (Å²) in [5.74, 6) is 0. The fourth-order valence-electron chi connectivity index (χ4n) is 6.45. The predicted molar refractivity (Wildman–Crippen MR) is 179 cm³/mol. The van der Waals surface area contributed by atoms with Gasteiger partial charge in [-0.25, -0.2) is 0 Å². The molecule has 1 nitrogen and oxygen atoms in total. The summed E-state index contributed by atoms with van der Waals surface area (Å²) in [6.07, 6.45) is 0. The average Bonchev–Trinajstić information content (AvgIpc) is 3.25. The van der Waals surface area contributed by atoms with Gasteiger partial charge in [0.1, 0.15) is 0 Å². The van der Waals surface area contributed by atoms with Crippen LogP contribution < -0.4 is 4.90 Å². The Kier molecular flexibility index (Phi) is 6.32. The minimum Gasteiger partial charge on any atom is -0.310 e. The van der Waals surface area contributed by atoms with E-state index in [0.29, 0.717) is 0 Å². The van der Waals surface area contributed by atoms with Crippen molar-refractivity contribution in [2.75, 3.05) is 4.90 Å². The van der Waals surface area contributed by atoms with Gasteiger partial charge in [-0.05, 0) is 101 Å². The molecule has 0 amide bonds. The second-order valence-corrected chi connectivity index (χ2v) is 12.0. The normalized spacial score (nSPS) is 13.0. The van der Waals surface area contributed by atoms with E-state index in [0.717, 1.165) is 11.4 Å². The van der Waals surface area contributed by atoms with E-state index in [9.17, 15) is 0 Å². The molecule has 0 fully saturated rings. The van der Waals surface area contributed by atoms with Crippen LogP contribution in [0.15, 0.2) is 140 Å².